The molecule has 1 amide bonds. The summed E-state index contributed by atoms with van der Waals surface area (Å²) in [5.41, 5.74) is 7.63. The predicted molar refractivity (Wildman–Crippen MR) is 79.4 cm³/mol. The molecule has 0 aliphatic rings. The molecule has 0 fully saturated rings. The maximum absolute atomic E-state index is 13.7. The standard InChI is InChI=1S/C14H15F2N3O2S/c1-3-8(2)4-5-13(20)22-12-6-9(14(21)18-19-17)10(15)7-11(12)16/h6-8H,3-5H2,1-2H3. The van der Waals surface area contributed by atoms with Gasteiger partial charge in [0.15, 0.2) is 5.12 Å². The fourth-order valence-electron chi connectivity index (χ4n) is 1.61. The molecule has 118 valence electrons. The number of thioether (sulfide) groups is 1. The highest BCUT2D eigenvalue weighted by molar-refractivity contribution is 8.13. The summed E-state index contributed by atoms with van der Waals surface area (Å²) in [6, 6.07) is 1.40. The van der Waals surface area contributed by atoms with Crippen molar-refractivity contribution in [2.75, 3.05) is 0 Å². The van der Waals surface area contributed by atoms with E-state index < -0.39 is 23.1 Å². The van der Waals surface area contributed by atoms with Gasteiger partial charge in [0, 0.05) is 17.4 Å². The van der Waals surface area contributed by atoms with E-state index in [1.54, 1.807) is 0 Å². The first kappa shape index (κ1) is 18.1. The lowest BCUT2D eigenvalue weighted by Gasteiger charge is -2.08. The van der Waals surface area contributed by atoms with E-state index in [4.69, 9.17) is 5.53 Å². The lowest BCUT2D eigenvalue weighted by Crippen LogP contribution is -2.02. The number of amides is 1. The predicted octanol–water partition coefficient (Wildman–Crippen LogP) is 4.86. The molecule has 1 aromatic carbocycles. The van der Waals surface area contributed by atoms with Gasteiger partial charge in [-0.3, -0.25) is 9.59 Å². The average Bonchev–Trinajstić information content (AvgIpc) is 2.47. The van der Waals surface area contributed by atoms with Gasteiger partial charge in [-0.2, -0.15) is 0 Å². The maximum Gasteiger partial charge on any atom is 0.252 e. The van der Waals surface area contributed by atoms with Crippen LogP contribution >= 0.6 is 11.8 Å². The molecule has 0 bridgehead atoms. The Kier molecular flexibility index (Phi) is 7.01. The fraction of sp³-hybridized carbons (Fsp3) is 0.429. The smallest absolute Gasteiger partial charge is 0.252 e. The van der Waals surface area contributed by atoms with Crippen LogP contribution in [0.1, 0.15) is 43.5 Å². The van der Waals surface area contributed by atoms with Crippen LogP contribution in [0.2, 0.25) is 0 Å². The third-order valence-electron chi connectivity index (χ3n) is 3.15. The second-order valence-electron chi connectivity index (χ2n) is 4.78. The SMILES string of the molecule is CCC(C)CCC(=O)Sc1cc(C(=O)N=[N+]=[N-])c(F)cc1F. The van der Waals surface area contributed by atoms with Crippen LogP contribution in [0.25, 0.3) is 10.4 Å². The summed E-state index contributed by atoms with van der Waals surface area (Å²) < 4.78 is 27.2. The quantitative estimate of drug-likeness (QED) is 0.324. The van der Waals surface area contributed by atoms with Crippen molar-refractivity contribution in [3.8, 4) is 0 Å². The number of carbonyl (C=O) groups excluding carboxylic acids is 2. The minimum Gasteiger partial charge on any atom is -0.287 e. The van der Waals surface area contributed by atoms with E-state index in [2.05, 4.69) is 10.0 Å². The molecule has 0 saturated carbocycles. The van der Waals surface area contributed by atoms with Gasteiger partial charge in [-0.15, -0.1) is 0 Å². The van der Waals surface area contributed by atoms with Crippen LogP contribution in [0.3, 0.4) is 0 Å². The molecule has 1 aromatic rings. The number of carbonyl (C=O) groups is 2. The zero-order valence-corrected chi connectivity index (χ0v) is 13.0. The van der Waals surface area contributed by atoms with Crippen molar-refractivity contribution in [2.24, 2.45) is 11.0 Å². The molecule has 0 aliphatic heterocycles. The largest absolute Gasteiger partial charge is 0.287 e. The summed E-state index contributed by atoms with van der Waals surface area (Å²) in [5.74, 6) is -2.85. The van der Waals surface area contributed by atoms with Gasteiger partial charge in [-0.1, -0.05) is 20.3 Å². The summed E-state index contributed by atoms with van der Waals surface area (Å²) in [4.78, 5) is 25.3. The second kappa shape index (κ2) is 8.51. The van der Waals surface area contributed by atoms with Gasteiger partial charge in [0.2, 0.25) is 0 Å². The lowest BCUT2D eigenvalue weighted by molar-refractivity contribution is -0.111. The summed E-state index contributed by atoms with van der Waals surface area (Å²) in [7, 11) is 0. The number of azide groups is 1. The zero-order valence-electron chi connectivity index (χ0n) is 12.2. The Balaban J connectivity index is 2.90. The molecule has 1 rings (SSSR count). The first-order chi connectivity index (χ1) is 10.4. The van der Waals surface area contributed by atoms with Crippen molar-refractivity contribution in [1.29, 1.82) is 0 Å². The molecule has 0 heterocycles. The van der Waals surface area contributed by atoms with Crippen molar-refractivity contribution in [3.63, 3.8) is 0 Å². The van der Waals surface area contributed by atoms with Crippen LogP contribution in [-0.2, 0) is 4.79 Å². The van der Waals surface area contributed by atoms with Crippen LogP contribution in [0, 0.1) is 17.6 Å². The second-order valence-corrected chi connectivity index (χ2v) is 5.88. The number of halogens is 2. The third-order valence-corrected chi connectivity index (χ3v) is 4.11. The Hall–Kier alpha value is -1.92. The number of rotatable bonds is 6. The van der Waals surface area contributed by atoms with Crippen LogP contribution in [0.15, 0.2) is 22.1 Å². The number of hydrogen-bond donors (Lipinski definition) is 0. The molecule has 0 aromatic heterocycles. The number of nitrogens with zero attached hydrogens (tertiary/aromatic N) is 3. The van der Waals surface area contributed by atoms with E-state index in [0.29, 0.717) is 30.2 Å². The van der Waals surface area contributed by atoms with E-state index in [1.807, 2.05) is 13.8 Å². The molecular weight excluding hydrogens is 312 g/mol. The summed E-state index contributed by atoms with van der Waals surface area (Å²) in [5, 5.41) is 2.49. The van der Waals surface area contributed by atoms with Gasteiger partial charge < -0.3 is 0 Å². The Morgan fingerprint density at radius 3 is 2.64 bits per heavy atom. The zero-order chi connectivity index (χ0) is 16.7. The van der Waals surface area contributed by atoms with Crippen molar-refractivity contribution < 1.29 is 18.4 Å². The minimum absolute atomic E-state index is 0.160. The number of hydrogen-bond acceptors (Lipinski definition) is 3. The summed E-state index contributed by atoms with van der Waals surface area (Å²) >= 11 is 0.613. The molecular formula is C14H15F2N3O2S. The first-order valence-corrected chi connectivity index (χ1v) is 7.49. The lowest BCUT2D eigenvalue weighted by atomic mass is 10.0. The Labute approximate surface area is 130 Å². The molecule has 5 nitrogen and oxygen atoms in total. The Bertz CT molecular complexity index is 631. The van der Waals surface area contributed by atoms with Gasteiger partial charge in [0.1, 0.15) is 11.6 Å². The highest BCUT2D eigenvalue weighted by Crippen LogP contribution is 2.28. The molecule has 0 N–H and O–H groups in total. The molecule has 0 spiro atoms. The Morgan fingerprint density at radius 1 is 1.36 bits per heavy atom. The Morgan fingerprint density at radius 2 is 2.05 bits per heavy atom. The molecule has 1 unspecified atom stereocenters. The van der Waals surface area contributed by atoms with Crippen molar-refractivity contribution >= 4 is 22.8 Å². The molecule has 8 heteroatoms. The van der Waals surface area contributed by atoms with E-state index in [1.165, 1.54) is 0 Å². The maximum atomic E-state index is 13.7. The van der Waals surface area contributed by atoms with Crippen molar-refractivity contribution in [3.05, 3.63) is 39.8 Å². The highest BCUT2D eigenvalue weighted by Gasteiger charge is 2.17. The summed E-state index contributed by atoms with van der Waals surface area (Å²) in [6.07, 6.45) is 1.87. The van der Waals surface area contributed by atoms with Crippen LogP contribution < -0.4 is 0 Å². The van der Waals surface area contributed by atoms with E-state index >= 15 is 0 Å². The fourth-order valence-corrected chi connectivity index (χ4v) is 2.41. The van der Waals surface area contributed by atoms with E-state index in [-0.39, 0.29) is 16.4 Å². The van der Waals surface area contributed by atoms with E-state index in [9.17, 15) is 18.4 Å². The van der Waals surface area contributed by atoms with Gasteiger partial charge in [0.05, 0.1) is 10.5 Å². The highest BCUT2D eigenvalue weighted by atomic mass is 32.2. The third kappa shape index (κ3) is 5.13. The van der Waals surface area contributed by atoms with Gasteiger partial charge in [-0.25, -0.2) is 8.78 Å². The number of benzene rings is 1. The normalized spacial score (nSPS) is 11.6. The molecule has 0 radical (unpaired) electrons. The monoisotopic (exact) mass is 327 g/mol. The minimum atomic E-state index is -1.16. The molecule has 1 atom stereocenters. The topological polar surface area (TPSA) is 82.9 Å². The first-order valence-electron chi connectivity index (χ1n) is 6.68. The summed E-state index contributed by atoms with van der Waals surface area (Å²) in [6.45, 7) is 4.02. The molecule has 22 heavy (non-hydrogen) atoms. The van der Waals surface area contributed by atoms with Crippen LogP contribution in [0.5, 0.6) is 0 Å². The van der Waals surface area contributed by atoms with E-state index in [0.717, 1.165) is 12.5 Å². The molecule has 0 aliphatic carbocycles. The van der Waals surface area contributed by atoms with Gasteiger partial charge in [-0.05, 0) is 40.8 Å². The van der Waals surface area contributed by atoms with Crippen molar-refractivity contribution in [1.82, 2.24) is 0 Å². The molecule has 0 saturated heterocycles. The van der Waals surface area contributed by atoms with Crippen LogP contribution in [-0.4, -0.2) is 11.0 Å². The average molecular weight is 327 g/mol. The van der Waals surface area contributed by atoms with Gasteiger partial charge >= 0.3 is 0 Å². The van der Waals surface area contributed by atoms with Crippen molar-refractivity contribution in [2.45, 2.75) is 38.0 Å². The van der Waals surface area contributed by atoms with Crippen LogP contribution in [0.4, 0.5) is 8.78 Å². The van der Waals surface area contributed by atoms with Gasteiger partial charge in [0.25, 0.3) is 5.91 Å².